The summed E-state index contributed by atoms with van der Waals surface area (Å²) in [5, 5.41) is 13.0. The van der Waals surface area contributed by atoms with E-state index in [-0.39, 0.29) is 5.41 Å². The number of H-pyrrole nitrogens is 1. The molecule has 0 fully saturated rings. The van der Waals surface area contributed by atoms with Crippen LogP contribution in [0.5, 0.6) is 0 Å². The van der Waals surface area contributed by atoms with Crippen LogP contribution in [-0.4, -0.2) is 20.0 Å². The molecule has 0 atom stereocenters. The van der Waals surface area contributed by atoms with Gasteiger partial charge in [0, 0.05) is 5.41 Å². The van der Waals surface area contributed by atoms with Gasteiger partial charge in [-0.25, -0.2) is 4.68 Å². The Morgan fingerprint density at radius 1 is 1.28 bits per heavy atom. The van der Waals surface area contributed by atoms with E-state index in [1.54, 1.807) is 0 Å². The lowest BCUT2D eigenvalue weighted by molar-refractivity contribution is 0.424. The van der Waals surface area contributed by atoms with Crippen LogP contribution in [0.1, 0.15) is 59.2 Å². The fourth-order valence-corrected chi connectivity index (χ4v) is 2.36. The van der Waals surface area contributed by atoms with Gasteiger partial charge in [-0.3, -0.25) is 5.10 Å². The number of aromatic amines is 1. The zero-order valence-electron chi connectivity index (χ0n) is 11.9. The quantitative estimate of drug-likeness (QED) is 0.878. The number of fused-ring (bicyclic) bond motifs is 1. The smallest absolute Gasteiger partial charge is 0.182 e. The molecule has 2 rings (SSSR count). The van der Waals surface area contributed by atoms with Gasteiger partial charge in [0.15, 0.2) is 5.65 Å². The summed E-state index contributed by atoms with van der Waals surface area (Å²) in [6.07, 6.45) is 2.09. The standard InChI is InChI=1S/C13H23N5/c1-6-8(7-2)18-12-9(11(14)15-16-12)10(17-18)13(3,4)5/h8H,6-7H2,1-5H3,(H3,14,15,16). The van der Waals surface area contributed by atoms with Crippen molar-refractivity contribution < 1.29 is 0 Å². The number of nitrogens with zero attached hydrogens (tertiary/aromatic N) is 3. The maximum atomic E-state index is 6.00. The maximum Gasteiger partial charge on any atom is 0.182 e. The number of nitrogens with two attached hydrogens (primary N) is 1. The molecule has 0 spiro atoms. The Balaban J connectivity index is 2.70. The van der Waals surface area contributed by atoms with Crippen LogP contribution in [0.2, 0.25) is 0 Å². The molecular weight excluding hydrogens is 226 g/mol. The van der Waals surface area contributed by atoms with E-state index in [9.17, 15) is 0 Å². The van der Waals surface area contributed by atoms with Crippen molar-refractivity contribution in [3.63, 3.8) is 0 Å². The van der Waals surface area contributed by atoms with Crippen LogP contribution in [-0.2, 0) is 5.41 Å². The molecule has 0 saturated carbocycles. The van der Waals surface area contributed by atoms with Gasteiger partial charge in [-0.1, -0.05) is 34.6 Å². The summed E-state index contributed by atoms with van der Waals surface area (Å²) >= 11 is 0. The zero-order valence-corrected chi connectivity index (χ0v) is 11.9. The molecule has 0 bridgehead atoms. The van der Waals surface area contributed by atoms with E-state index in [1.807, 2.05) is 4.68 Å². The molecule has 0 aromatic carbocycles. The summed E-state index contributed by atoms with van der Waals surface area (Å²) in [5.74, 6) is 0.618. The Labute approximate surface area is 108 Å². The predicted molar refractivity (Wildman–Crippen MR) is 74.6 cm³/mol. The topological polar surface area (TPSA) is 72.5 Å². The zero-order chi connectivity index (χ0) is 13.5. The second kappa shape index (κ2) is 4.30. The summed E-state index contributed by atoms with van der Waals surface area (Å²) in [7, 11) is 0. The molecule has 100 valence electrons. The normalized spacial score (nSPS) is 12.8. The van der Waals surface area contributed by atoms with Crippen molar-refractivity contribution >= 4 is 16.9 Å². The van der Waals surface area contributed by atoms with Crippen molar-refractivity contribution in [2.75, 3.05) is 5.73 Å². The van der Waals surface area contributed by atoms with Gasteiger partial charge < -0.3 is 5.73 Å². The third-order valence-corrected chi connectivity index (χ3v) is 3.44. The second-order valence-electron chi connectivity index (χ2n) is 5.85. The van der Waals surface area contributed by atoms with Crippen molar-refractivity contribution in [3.05, 3.63) is 5.69 Å². The molecule has 2 aromatic heterocycles. The van der Waals surface area contributed by atoms with Crippen molar-refractivity contribution in [1.29, 1.82) is 0 Å². The Morgan fingerprint density at radius 3 is 2.39 bits per heavy atom. The first-order chi connectivity index (χ1) is 8.40. The van der Waals surface area contributed by atoms with E-state index in [0.717, 1.165) is 29.6 Å². The molecule has 5 heteroatoms. The summed E-state index contributed by atoms with van der Waals surface area (Å²) in [5.41, 5.74) is 7.87. The highest BCUT2D eigenvalue weighted by molar-refractivity contribution is 5.89. The van der Waals surface area contributed by atoms with Gasteiger partial charge in [-0.15, -0.1) is 0 Å². The molecular formula is C13H23N5. The van der Waals surface area contributed by atoms with E-state index in [1.165, 1.54) is 0 Å². The minimum atomic E-state index is -0.0342. The predicted octanol–water partition coefficient (Wildman–Crippen LogP) is 3.00. The third kappa shape index (κ3) is 1.87. The van der Waals surface area contributed by atoms with E-state index in [2.05, 4.69) is 44.8 Å². The van der Waals surface area contributed by atoms with E-state index >= 15 is 0 Å². The Kier molecular flexibility index (Phi) is 3.09. The lowest BCUT2D eigenvalue weighted by atomic mass is 9.91. The summed E-state index contributed by atoms with van der Waals surface area (Å²) in [6.45, 7) is 10.8. The van der Waals surface area contributed by atoms with Crippen LogP contribution in [0, 0.1) is 0 Å². The van der Waals surface area contributed by atoms with Crippen molar-refractivity contribution in [3.8, 4) is 0 Å². The van der Waals surface area contributed by atoms with Gasteiger partial charge in [0.05, 0.1) is 17.1 Å². The Bertz CT molecular complexity index is 539. The van der Waals surface area contributed by atoms with Gasteiger partial charge >= 0.3 is 0 Å². The van der Waals surface area contributed by atoms with Gasteiger partial charge in [0.25, 0.3) is 0 Å². The van der Waals surface area contributed by atoms with Crippen molar-refractivity contribution in [1.82, 2.24) is 20.0 Å². The van der Waals surface area contributed by atoms with Crippen LogP contribution in [0.15, 0.2) is 0 Å². The number of hydrogen-bond donors (Lipinski definition) is 2. The molecule has 0 saturated heterocycles. The fourth-order valence-electron chi connectivity index (χ4n) is 2.36. The highest BCUT2D eigenvalue weighted by Gasteiger charge is 2.27. The molecule has 0 aliphatic heterocycles. The van der Waals surface area contributed by atoms with Crippen LogP contribution in [0.25, 0.3) is 11.0 Å². The first-order valence-electron chi connectivity index (χ1n) is 6.62. The molecule has 0 radical (unpaired) electrons. The molecule has 0 unspecified atom stereocenters. The third-order valence-electron chi connectivity index (χ3n) is 3.44. The van der Waals surface area contributed by atoms with Gasteiger partial charge in [0.2, 0.25) is 0 Å². The number of rotatable bonds is 3. The molecule has 5 nitrogen and oxygen atoms in total. The molecule has 0 aliphatic carbocycles. The van der Waals surface area contributed by atoms with E-state index in [4.69, 9.17) is 10.8 Å². The largest absolute Gasteiger partial charge is 0.383 e. The fraction of sp³-hybridized carbons (Fsp3) is 0.692. The number of aromatic nitrogens is 4. The highest BCUT2D eigenvalue weighted by Crippen LogP contribution is 2.33. The molecule has 18 heavy (non-hydrogen) atoms. The Morgan fingerprint density at radius 2 is 1.89 bits per heavy atom. The van der Waals surface area contributed by atoms with Crippen molar-refractivity contribution in [2.24, 2.45) is 0 Å². The SMILES string of the molecule is CCC(CC)n1nc(C(C)(C)C)c2c(N)[nH]nc21. The Hall–Kier alpha value is -1.52. The minimum absolute atomic E-state index is 0.0342. The van der Waals surface area contributed by atoms with Gasteiger partial charge in [0.1, 0.15) is 5.82 Å². The lowest BCUT2D eigenvalue weighted by Crippen LogP contribution is -2.15. The molecule has 2 aromatic rings. The van der Waals surface area contributed by atoms with Crippen LogP contribution < -0.4 is 5.73 Å². The highest BCUT2D eigenvalue weighted by atomic mass is 15.4. The summed E-state index contributed by atoms with van der Waals surface area (Å²) in [4.78, 5) is 0. The monoisotopic (exact) mass is 249 g/mol. The molecule has 0 amide bonds. The van der Waals surface area contributed by atoms with Gasteiger partial charge in [-0.2, -0.15) is 10.2 Å². The average Bonchev–Trinajstić information content (AvgIpc) is 2.82. The van der Waals surface area contributed by atoms with E-state index in [0.29, 0.717) is 11.9 Å². The first-order valence-corrected chi connectivity index (χ1v) is 6.62. The number of nitrogen functional groups attached to an aromatic ring is 1. The average molecular weight is 249 g/mol. The molecule has 0 aliphatic rings. The second-order valence-corrected chi connectivity index (χ2v) is 5.85. The number of hydrogen-bond acceptors (Lipinski definition) is 3. The maximum absolute atomic E-state index is 6.00. The van der Waals surface area contributed by atoms with Gasteiger partial charge in [-0.05, 0) is 12.8 Å². The summed E-state index contributed by atoms with van der Waals surface area (Å²) in [6, 6.07) is 0.381. The molecule has 2 heterocycles. The number of nitrogens with one attached hydrogen (secondary N) is 1. The van der Waals surface area contributed by atoms with E-state index < -0.39 is 0 Å². The lowest BCUT2D eigenvalue weighted by Gasteiger charge is -2.17. The minimum Gasteiger partial charge on any atom is -0.383 e. The molecule has 3 N–H and O–H groups in total. The van der Waals surface area contributed by atoms with Crippen LogP contribution in [0.4, 0.5) is 5.82 Å². The van der Waals surface area contributed by atoms with Crippen LogP contribution >= 0.6 is 0 Å². The first kappa shape index (κ1) is 12.9. The van der Waals surface area contributed by atoms with Crippen molar-refractivity contribution in [2.45, 2.75) is 58.9 Å². The van der Waals surface area contributed by atoms with Crippen LogP contribution in [0.3, 0.4) is 0 Å². The number of anilines is 1. The summed E-state index contributed by atoms with van der Waals surface area (Å²) < 4.78 is 2.03.